The summed E-state index contributed by atoms with van der Waals surface area (Å²) in [7, 11) is 0. The van der Waals surface area contributed by atoms with Gasteiger partial charge in [-0.05, 0) is 29.8 Å². The molecule has 0 saturated carbocycles. The number of carbonyl (C=O) groups is 1. The predicted molar refractivity (Wildman–Crippen MR) is 72.4 cm³/mol. The van der Waals surface area contributed by atoms with Gasteiger partial charge in [-0.15, -0.1) is 0 Å². The number of aromatic hydroxyl groups is 2. The Morgan fingerprint density at radius 3 is 2.63 bits per heavy atom. The number of carbonyl (C=O) groups excluding carboxylic acids is 1. The Bertz CT molecular complexity index is 613. The molecule has 5 heteroatoms. The second kappa shape index (κ2) is 5.63. The van der Waals surface area contributed by atoms with Crippen molar-refractivity contribution in [2.75, 3.05) is 0 Å². The topological polar surface area (TPSA) is 69.6 Å². The van der Waals surface area contributed by atoms with Crippen LogP contribution in [0.15, 0.2) is 42.5 Å². The zero-order chi connectivity index (χ0) is 13.8. The molecule has 0 fully saturated rings. The van der Waals surface area contributed by atoms with E-state index in [1.165, 1.54) is 18.2 Å². The number of para-hydroxylation sites is 1. The zero-order valence-electron chi connectivity index (χ0n) is 9.93. The third kappa shape index (κ3) is 3.17. The van der Waals surface area contributed by atoms with Crippen molar-refractivity contribution >= 4 is 17.5 Å². The third-order valence-electron chi connectivity index (χ3n) is 2.60. The van der Waals surface area contributed by atoms with E-state index >= 15 is 0 Å². The number of hydrogen-bond acceptors (Lipinski definition) is 3. The first-order chi connectivity index (χ1) is 9.08. The fourth-order valence-corrected chi connectivity index (χ4v) is 1.85. The van der Waals surface area contributed by atoms with E-state index in [9.17, 15) is 15.0 Å². The largest absolute Gasteiger partial charge is 0.504 e. The molecule has 0 atom stereocenters. The second-order valence-electron chi connectivity index (χ2n) is 3.99. The van der Waals surface area contributed by atoms with E-state index in [-0.39, 0.29) is 17.9 Å². The Hall–Kier alpha value is -2.20. The number of rotatable bonds is 3. The first-order valence-corrected chi connectivity index (χ1v) is 5.99. The summed E-state index contributed by atoms with van der Waals surface area (Å²) in [5.74, 6) is -1.21. The quantitative estimate of drug-likeness (QED) is 0.756. The molecule has 19 heavy (non-hydrogen) atoms. The van der Waals surface area contributed by atoms with Gasteiger partial charge in [0.2, 0.25) is 0 Å². The summed E-state index contributed by atoms with van der Waals surface area (Å²) in [6, 6.07) is 11.3. The highest BCUT2D eigenvalue weighted by molar-refractivity contribution is 6.30. The molecule has 0 bridgehead atoms. The Balaban J connectivity index is 2.08. The van der Waals surface area contributed by atoms with E-state index in [1.807, 2.05) is 6.07 Å². The molecule has 0 aliphatic heterocycles. The van der Waals surface area contributed by atoms with Crippen molar-refractivity contribution in [1.29, 1.82) is 0 Å². The van der Waals surface area contributed by atoms with Crippen molar-refractivity contribution in [2.24, 2.45) is 0 Å². The van der Waals surface area contributed by atoms with Crippen LogP contribution in [0.3, 0.4) is 0 Å². The van der Waals surface area contributed by atoms with Gasteiger partial charge < -0.3 is 15.5 Å². The van der Waals surface area contributed by atoms with Crippen molar-refractivity contribution in [1.82, 2.24) is 5.32 Å². The summed E-state index contributed by atoms with van der Waals surface area (Å²) in [5.41, 5.74) is 0.877. The first-order valence-electron chi connectivity index (χ1n) is 5.61. The van der Waals surface area contributed by atoms with Crippen LogP contribution >= 0.6 is 11.6 Å². The van der Waals surface area contributed by atoms with Crippen LogP contribution in [-0.4, -0.2) is 16.1 Å². The zero-order valence-corrected chi connectivity index (χ0v) is 10.7. The van der Waals surface area contributed by atoms with Crippen LogP contribution in [0.25, 0.3) is 0 Å². The van der Waals surface area contributed by atoms with Gasteiger partial charge in [-0.25, -0.2) is 0 Å². The van der Waals surface area contributed by atoms with Crippen molar-refractivity contribution in [3.63, 3.8) is 0 Å². The number of phenols is 2. The lowest BCUT2D eigenvalue weighted by molar-refractivity contribution is 0.0947. The van der Waals surface area contributed by atoms with Crippen LogP contribution in [-0.2, 0) is 6.54 Å². The maximum Gasteiger partial charge on any atom is 0.255 e. The molecule has 0 saturated heterocycles. The lowest BCUT2D eigenvalue weighted by atomic mass is 10.1. The van der Waals surface area contributed by atoms with Gasteiger partial charge in [0, 0.05) is 11.6 Å². The maximum atomic E-state index is 11.9. The minimum atomic E-state index is -0.464. The highest BCUT2D eigenvalue weighted by Crippen LogP contribution is 2.27. The van der Waals surface area contributed by atoms with Crippen LogP contribution in [0.5, 0.6) is 11.5 Å². The highest BCUT2D eigenvalue weighted by Gasteiger charge is 2.13. The Labute approximate surface area is 115 Å². The molecule has 0 radical (unpaired) electrons. The number of hydrogen-bond donors (Lipinski definition) is 3. The molecule has 3 N–H and O–H groups in total. The van der Waals surface area contributed by atoms with E-state index in [0.717, 1.165) is 5.56 Å². The van der Waals surface area contributed by atoms with E-state index < -0.39 is 11.7 Å². The molecule has 0 aromatic heterocycles. The SMILES string of the molecule is O=C(NCc1cccc(Cl)c1)c1cccc(O)c1O. The van der Waals surface area contributed by atoms with E-state index in [0.29, 0.717) is 5.02 Å². The van der Waals surface area contributed by atoms with E-state index in [2.05, 4.69) is 5.32 Å². The summed E-state index contributed by atoms with van der Waals surface area (Å²) in [5, 5.41) is 22.1. The maximum absolute atomic E-state index is 11.9. The predicted octanol–water partition coefficient (Wildman–Crippen LogP) is 2.68. The molecule has 0 aliphatic carbocycles. The van der Waals surface area contributed by atoms with Crippen LogP contribution in [0.2, 0.25) is 5.02 Å². The molecule has 1 amide bonds. The van der Waals surface area contributed by atoms with Gasteiger partial charge in [-0.3, -0.25) is 4.79 Å². The molecule has 2 aromatic rings. The number of nitrogens with one attached hydrogen (secondary N) is 1. The molecule has 0 spiro atoms. The average molecular weight is 278 g/mol. The number of phenolic OH excluding ortho intramolecular Hbond substituents is 2. The lowest BCUT2D eigenvalue weighted by Crippen LogP contribution is -2.22. The van der Waals surface area contributed by atoms with Crippen molar-refractivity contribution in [3.8, 4) is 11.5 Å². The van der Waals surface area contributed by atoms with Gasteiger partial charge in [0.15, 0.2) is 11.5 Å². The minimum Gasteiger partial charge on any atom is -0.504 e. The van der Waals surface area contributed by atoms with Gasteiger partial charge in [0.05, 0.1) is 5.56 Å². The molecular weight excluding hydrogens is 266 g/mol. The molecular formula is C14H12ClNO3. The number of benzene rings is 2. The monoisotopic (exact) mass is 277 g/mol. The van der Waals surface area contributed by atoms with Crippen molar-refractivity contribution < 1.29 is 15.0 Å². The van der Waals surface area contributed by atoms with Gasteiger partial charge in [-0.2, -0.15) is 0 Å². The van der Waals surface area contributed by atoms with E-state index in [1.54, 1.807) is 18.2 Å². The molecule has 0 unspecified atom stereocenters. The minimum absolute atomic E-state index is 0.0297. The lowest BCUT2D eigenvalue weighted by Gasteiger charge is -2.08. The van der Waals surface area contributed by atoms with E-state index in [4.69, 9.17) is 11.6 Å². The third-order valence-corrected chi connectivity index (χ3v) is 2.84. The number of amides is 1. The molecule has 4 nitrogen and oxygen atoms in total. The molecule has 98 valence electrons. The Morgan fingerprint density at radius 2 is 1.89 bits per heavy atom. The van der Waals surface area contributed by atoms with Crippen molar-refractivity contribution in [3.05, 3.63) is 58.6 Å². The average Bonchev–Trinajstić information content (AvgIpc) is 2.39. The highest BCUT2D eigenvalue weighted by atomic mass is 35.5. The first kappa shape index (κ1) is 13.2. The molecule has 2 aromatic carbocycles. The van der Waals surface area contributed by atoms with Crippen LogP contribution in [0.4, 0.5) is 0 Å². The van der Waals surface area contributed by atoms with Crippen LogP contribution < -0.4 is 5.32 Å². The summed E-state index contributed by atoms with van der Waals surface area (Å²) in [4.78, 5) is 11.9. The summed E-state index contributed by atoms with van der Waals surface area (Å²) >= 11 is 5.84. The standard InChI is InChI=1S/C14H12ClNO3/c15-10-4-1-3-9(7-10)8-16-14(19)11-5-2-6-12(17)13(11)18/h1-7,17-18H,8H2,(H,16,19). The van der Waals surface area contributed by atoms with Gasteiger partial charge >= 0.3 is 0 Å². The summed E-state index contributed by atoms with van der Waals surface area (Å²) in [6.45, 7) is 0.286. The Morgan fingerprint density at radius 1 is 1.16 bits per heavy atom. The summed E-state index contributed by atoms with van der Waals surface area (Å²) < 4.78 is 0. The van der Waals surface area contributed by atoms with Crippen LogP contribution in [0, 0.1) is 0 Å². The fourth-order valence-electron chi connectivity index (χ4n) is 1.64. The smallest absolute Gasteiger partial charge is 0.255 e. The van der Waals surface area contributed by atoms with Gasteiger partial charge in [0.25, 0.3) is 5.91 Å². The summed E-state index contributed by atoms with van der Waals surface area (Å²) in [6.07, 6.45) is 0. The molecule has 2 rings (SSSR count). The van der Waals surface area contributed by atoms with Crippen LogP contribution in [0.1, 0.15) is 15.9 Å². The fraction of sp³-hybridized carbons (Fsp3) is 0.0714. The molecule has 0 heterocycles. The van der Waals surface area contributed by atoms with Gasteiger partial charge in [-0.1, -0.05) is 29.8 Å². The second-order valence-corrected chi connectivity index (χ2v) is 4.42. The van der Waals surface area contributed by atoms with Gasteiger partial charge in [0.1, 0.15) is 0 Å². The van der Waals surface area contributed by atoms with Crippen molar-refractivity contribution in [2.45, 2.75) is 6.54 Å². The normalized spacial score (nSPS) is 10.2. The molecule has 0 aliphatic rings. The Kier molecular flexibility index (Phi) is 3.92. The number of halogens is 1.